The topological polar surface area (TPSA) is 106 Å². The molecule has 3 aromatic heterocycles. The van der Waals surface area contributed by atoms with Crippen LogP contribution in [-0.2, 0) is 7.05 Å². The minimum Gasteiger partial charge on any atom is -0.457 e. The highest BCUT2D eigenvalue weighted by molar-refractivity contribution is 5.92. The van der Waals surface area contributed by atoms with Crippen LogP contribution >= 0.6 is 0 Å². The highest BCUT2D eigenvalue weighted by Gasteiger charge is 2.12. The van der Waals surface area contributed by atoms with Gasteiger partial charge in [0.1, 0.15) is 23.0 Å². The molecule has 9 nitrogen and oxygen atoms in total. The minimum atomic E-state index is -0.271. The molecule has 192 valence electrons. The molecule has 38 heavy (non-hydrogen) atoms. The van der Waals surface area contributed by atoms with Crippen molar-refractivity contribution in [3.8, 4) is 22.6 Å². The van der Waals surface area contributed by atoms with Crippen molar-refractivity contribution in [3.63, 3.8) is 0 Å². The van der Waals surface area contributed by atoms with Gasteiger partial charge in [-0.1, -0.05) is 6.07 Å². The molecule has 0 radical (unpaired) electrons. The van der Waals surface area contributed by atoms with Gasteiger partial charge in [-0.3, -0.25) is 9.78 Å². The number of fused-ring (bicyclic) bond motifs is 1. The van der Waals surface area contributed by atoms with Crippen molar-refractivity contribution >= 4 is 34.4 Å². The van der Waals surface area contributed by atoms with E-state index < -0.39 is 0 Å². The molecule has 0 aliphatic carbocycles. The number of benzene rings is 2. The van der Waals surface area contributed by atoms with Gasteiger partial charge in [-0.05, 0) is 73.0 Å². The maximum Gasteiger partial charge on any atom is 0.269 e. The first-order valence-electron chi connectivity index (χ1n) is 12.4. The van der Waals surface area contributed by atoms with Crippen molar-refractivity contribution in [2.75, 3.05) is 24.2 Å². The van der Waals surface area contributed by atoms with E-state index in [1.54, 1.807) is 25.4 Å². The molecule has 0 aliphatic rings. The second-order valence-electron chi connectivity index (χ2n) is 8.82. The van der Waals surface area contributed by atoms with Crippen LogP contribution in [0.4, 0.5) is 17.5 Å². The number of nitrogens with zero attached hydrogens (tertiary/aromatic N) is 4. The summed E-state index contributed by atoms with van der Waals surface area (Å²) >= 11 is 0. The van der Waals surface area contributed by atoms with E-state index in [0.717, 1.165) is 40.2 Å². The third-order valence-corrected chi connectivity index (χ3v) is 6.20. The van der Waals surface area contributed by atoms with Gasteiger partial charge in [0.25, 0.3) is 5.91 Å². The molecule has 3 heterocycles. The van der Waals surface area contributed by atoms with Crippen molar-refractivity contribution in [1.82, 2.24) is 24.8 Å². The molecule has 0 atom stereocenters. The lowest BCUT2D eigenvalue weighted by molar-refractivity contribution is 0.0958. The van der Waals surface area contributed by atoms with Crippen LogP contribution in [0.5, 0.6) is 11.5 Å². The molecule has 2 aromatic carbocycles. The number of pyridine rings is 2. The first-order chi connectivity index (χ1) is 18.4. The number of anilines is 3. The predicted molar refractivity (Wildman–Crippen MR) is 150 cm³/mol. The third kappa shape index (κ3) is 5.12. The van der Waals surface area contributed by atoms with Crippen LogP contribution in [0.2, 0.25) is 0 Å². The van der Waals surface area contributed by atoms with E-state index in [1.165, 1.54) is 5.56 Å². The van der Waals surface area contributed by atoms with E-state index in [2.05, 4.69) is 58.0 Å². The summed E-state index contributed by atoms with van der Waals surface area (Å²) in [6, 6.07) is 19.4. The molecule has 0 fully saturated rings. The van der Waals surface area contributed by atoms with E-state index in [4.69, 9.17) is 9.72 Å². The number of hydrogen-bond donors (Lipinski definition) is 3. The van der Waals surface area contributed by atoms with Gasteiger partial charge in [-0.15, -0.1) is 0 Å². The average molecular weight is 508 g/mol. The van der Waals surface area contributed by atoms with Gasteiger partial charge in [0.15, 0.2) is 0 Å². The molecule has 0 bridgehead atoms. The molecule has 0 saturated carbocycles. The number of ether oxygens (including phenoxy) is 1. The number of aryl methyl sites for hydroxylation is 2. The maximum atomic E-state index is 11.9. The van der Waals surface area contributed by atoms with Crippen LogP contribution in [0.15, 0.2) is 73.1 Å². The van der Waals surface area contributed by atoms with E-state index in [0.29, 0.717) is 17.4 Å². The van der Waals surface area contributed by atoms with E-state index in [1.807, 2.05) is 48.1 Å². The van der Waals surface area contributed by atoms with Crippen molar-refractivity contribution in [2.45, 2.75) is 13.8 Å². The summed E-state index contributed by atoms with van der Waals surface area (Å²) in [6.07, 6.45) is 3.37. The SMILES string of the molecule is CCNc1cc(-c2cc(Nc3nc4cc(Oc5ccnc(C(=O)NC)c5)ccc4n3C)ccc2C)ccn1. The molecule has 5 aromatic rings. The molecule has 5 rings (SSSR count). The Labute approximate surface area is 220 Å². The minimum absolute atomic E-state index is 0.271. The van der Waals surface area contributed by atoms with E-state index in [9.17, 15) is 4.79 Å². The van der Waals surface area contributed by atoms with Crippen molar-refractivity contribution < 1.29 is 9.53 Å². The highest BCUT2D eigenvalue weighted by atomic mass is 16.5. The zero-order chi connectivity index (χ0) is 26.6. The van der Waals surface area contributed by atoms with E-state index in [-0.39, 0.29) is 11.6 Å². The van der Waals surface area contributed by atoms with Crippen LogP contribution in [0.3, 0.4) is 0 Å². The Bertz CT molecular complexity index is 1630. The predicted octanol–water partition coefficient (Wildman–Crippen LogP) is 5.67. The number of imidazole rings is 1. The van der Waals surface area contributed by atoms with Crippen LogP contribution in [0, 0.1) is 6.92 Å². The largest absolute Gasteiger partial charge is 0.457 e. The number of hydrogen-bond acceptors (Lipinski definition) is 7. The maximum absolute atomic E-state index is 11.9. The number of rotatable bonds is 8. The Hall–Kier alpha value is -4.92. The summed E-state index contributed by atoms with van der Waals surface area (Å²) in [7, 11) is 3.53. The molecular formula is C29H29N7O2. The van der Waals surface area contributed by atoms with Crippen LogP contribution < -0.4 is 20.7 Å². The van der Waals surface area contributed by atoms with Gasteiger partial charge in [-0.25, -0.2) is 9.97 Å². The Kier molecular flexibility index (Phi) is 6.90. The summed E-state index contributed by atoms with van der Waals surface area (Å²) < 4.78 is 8.00. The quantitative estimate of drug-likeness (QED) is 0.249. The van der Waals surface area contributed by atoms with Gasteiger partial charge in [-0.2, -0.15) is 0 Å². The zero-order valence-electron chi connectivity index (χ0n) is 21.7. The van der Waals surface area contributed by atoms with E-state index >= 15 is 0 Å². The molecule has 0 unspecified atom stereocenters. The monoisotopic (exact) mass is 507 g/mol. The first-order valence-corrected chi connectivity index (χ1v) is 12.4. The fourth-order valence-corrected chi connectivity index (χ4v) is 4.23. The van der Waals surface area contributed by atoms with Crippen molar-refractivity contribution in [3.05, 3.63) is 84.3 Å². The fourth-order valence-electron chi connectivity index (χ4n) is 4.23. The summed E-state index contributed by atoms with van der Waals surface area (Å²) in [5.74, 6) is 2.43. The van der Waals surface area contributed by atoms with Gasteiger partial charge in [0.05, 0.1) is 11.0 Å². The van der Waals surface area contributed by atoms with Crippen LogP contribution in [-0.4, -0.2) is 39.0 Å². The van der Waals surface area contributed by atoms with Gasteiger partial charge in [0, 0.05) is 50.9 Å². The summed E-state index contributed by atoms with van der Waals surface area (Å²) in [5.41, 5.74) is 6.35. The molecule has 0 spiro atoms. The number of nitrogens with one attached hydrogen (secondary N) is 3. The second kappa shape index (κ2) is 10.6. The Morgan fingerprint density at radius 1 is 0.974 bits per heavy atom. The molecule has 3 N–H and O–H groups in total. The normalized spacial score (nSPS) is 10.8. The Morgan fingerprint density at radius 3 is 2.61 bits per heavy atom. The molecule has 9 heteroatoms. The lowest BCUT2D eigenvalue weighted by atomic mass is 10.0. The zero-order valence-corrected chi connectivity index (χ0v) is 21.7. The summed E-state index contributed by atoms with van der Waals surface area (Å²) in [4.78, 5) is 25.2. The standard InChI is InChI=1S/C29H29N7O2/c1-5-31-27-14-19(10-12-33-27)23-15-20(7-6-18(23)2)34-29-35-24-16-21(8-9-26(24)36(29)4)38-22-11-13-32-25(17-22)28(37)30-3/h6-17H,5H2,1-4H3,(H,30,37)(H,31,33)(H,34,35). The number of aromatic nitrogens is 4. The Balaban J connectivity index is 1.40. The molecule has 1 amide bonds. The number of amides is 1. The van der Waals surface area contributed by atoms with Gasteiger partial charge >= 0.3 is 0 Å². The smallest absolute Gasteiger partial charge is 0.269 e. The van der Waals surface area contributed by atoms with Gasteiger partial charge < -0.3 is 25.3 Å². The van der Waals surface area contributed by atoms with Crippen LogP contribution in [0.1, 0.15) is 23.0 Å². The second-order valence-corrected chi connectivity index (χ2v) is 8.82. The summed E-state index contributed by atoms with van der Waals surface area (Å²) in [6.45, 7) is 4.97. The molecule has 0 aliphatic heterocycles. The van der Waals surface area contributed by atoms with Crippen molar-refractivity contribution in [2.24, 2.45) is 7.05 Å². The Morgan fingerprint density at radius 2 is 1.79 bits per heavy atom. The van der Waals surface area contributed by atoms with Crippen LogP contribution in [0.25, 0.3) is 22.2 Å². The highest BCUT2D eigenvalue weighted by Crippen LogP contribution is 2.31. The summed E-state index contributed by atoms with van der Waals surface area (Å²) in [5, 5.41) is 9.30. The number of carbonyl (C=O) groups is 1. The lowest BCUT2D eigenvalue weighted by Crippen LogP contribution is -2.18. The molecular weight excluding hydrogens is 478 g/mol. The number of carbonyl (C=O) groups excluding carboxylic acids is 1. The first kappa shape index (κ1) is 24.8. The van der Waals surface area contributed by atoms with Gasteiger partial charge in [0.2, 0.25) is 5.95 Å². The fraction of sp³-hybridized carbons (Fsp3) is 0.172. The third-order valence-electron chi connectivity index (χ3n) is 6.20. The lowest BCUT2D eigenvalue weighted by Gasteiger charge is -2.12. The average Bonchev–Trinajstić information content (AvgIpc) is 3.23. The van der Waals surface area contributed by atoms with Crippen molar-refractivity contribution in [1.29, 1.82) is 0 Å². The molecule has 0 saturated heterocycles.